The molecule has 21 heteroatoms. The lowest BCUT2D eigenvalue weighted by Gasteiger charge is -2.39. The van der Waals surface area contributed by atoms with Gasteiger partial charge in [-0.2, -0.15) is 0 Å². The summed E-state index contributed by atoms with van der Waals surface area (Å²) in [6, 6.07) is 25.1. The predicted molar refractivity (Wildman–Crippen MR) is 317 cm³/mol. The second kappa shape index (κ2) is 24.0. The van der Waals surface area contributed by atoms with E-state index < -0.39 is 43.4 Å². The number of halogens is 1. The van der Waals surface area contributed by atoms with Crippen LogP contribution in [0.25, 0.3) is 16.6 Å². The summed E-state index contributed by atoms with van der Waals surface area (Å²) >= 11 is 6.27. The van der Waals surface area contributed by atoms with Crippen LogP contribution >= 0.6 is 11.6 Å². The number of pyridine rings is 1. The van der Waals surface area contributed by atoms with E-state index in [2.05, 4.69) is 77.8 Å². The number of hydrogen-bond donors (Lipinski definition) is 4. The van der Waals surface area contributed by atoms with Crippen LogP contribution in [-0.4, -0.2) is 127 Å². The standard InChI is InChI=1S/C62H65ClN10O9S/c1-62(2)22-20-44(52(34-62)42-9-11-46(63)12-10-42)38-70-26-28-71(29-27-70)47-13-16-51(56(32-47)82-48-31-43-21-23-64-58(43)66-36-48)59(75)68-83(80,81)49-14-17-53(55(33-49)73(78)79)65-35-41-7-5-25-69(37-41)24-4-3-6-40-8-15-50-45(30-40)39-72(61(50)77)54-18-19-57(74)67-60(54)76/h8-17,21,23,30-33,36,41,54,65H,4-5,7,18-20,22,24-29,34-35,37-39H2,1-2H3,(H,64,66)(H,68,75)(H,67,74,76). The van der Waals surface area contributed by atoms with Gasteiger partial charge in [-0.05, 0) is 140 Å². The van der Waals surface area contributed by atoms with E-state index in [1.807, 2.05) is 24.3 Å². The van der Waals surface area contributed by atoms with Gasteiger partial charge in [0.2, 0.25) is 11.8 Å². The van der Waals surface area contributed by atoms with E-state index in [0.717, 1.165) is 98.1 Å². The van der Waals surface area contributed by atoms with Gasteiger partial charge in [-0.25, -0.2) is 18.1 Å². The summed E-state index contributed by atoms with van der Waals surface area (Å²) in [5, 5.41) is 19.5. The average molecular weight is 1160 g/mol. The molecule has 3 fully saturated rings. The molecule has 0 saturated carbocycles. The predicted octanol–water partition coefficient (Wildman–Crippen LogP) is 9.15. The van der Waals surface area contributed by atoms with E-state index in [9.17, 15) is 37.7 Å². The van der Waals surface area contributed by atoms with Gasteiger partial charge in [0.1, 0.15) is 28.9 Å². The lowest BCUT2D eigenvalue weighted by Crippen LogP contribution is -2.52. The first-order valence-electron chi connectivity index (χ1n) is 28.2. The van der Waals surface area contributed by atoms with Crippen molar-refractivity contribution in [3.05, 3.63) is 152 Å². The summed E-state index contributed by atoms with van der Waals surface area (Å²) in [6.07, 6.45) is 9.28. The Bertz CT molecular complexity index is 3750. The van der Waals surface area contributed by atoms with Gasteiger partial charge >= 0.3 is 0 Å². The lowest BCUT2D eigenvalue weighted by atomic mass is 9.72. The van der Waals surface area contributed by atoms with E-state index in [-0.39, 0.29) is 53.1 Å². The minimum atomic E-state index is -4.64. The van der Waals surface area contributed by atoms with E-state index in [1.54, 1.807) is 36.5 Å². The molecule has 0 spiro atoms. The molecular formula is C62H65ClN10O9S. The van der Waals surface area contributed by atoms with Crippen molar-refractivity contribution < 1.29 is 37.3 Å². The SMILES string of the molecule is CC1(C)CCC(CN2CCN(c3ccc(C(=O)NS(=O)(=O)c4ccc(NCC5CCCN(CCC#Cc6ccc7c(c6)CN(C6CCC(=O)NC6=O)C7=O)C5)c([N+](=O)[O-])c4)c(Oc4cnc5[nH]ccc5c4)c3)CC2)=C(c2ccc(Cl)cc2)C1. The number of piperazine rings is 1. The molecule has 11 rings (SSSR count). The molecule has 1 aliphatic carbocycles. The Kier molecular flexibility index (Phi) is 16.4. The summed E-state index contributed by atoms with van der Waals surface area (Å²) < 4.78 is 36.5. The number of hydrogen-bond acceptors (Lipinski definition) is 14. The molecule has 2 aromatic heterocycles. The first kappa shape index (κ1) is 56.8. The fourth-order valence-corrected chi connectivity index (χ4v) is 13.1. The van der Waals surface area contributed by atoms with Crippen molar-refractivity contribution in [1.29, 1.82) is 0 Å². The van der Waals surface area contributed by atoms with Gasteiger partial charge < -0.3 is 29.7 Å². The number of nitro benzene ring substituents is 1. The van der Waals surface area contributed by atoms with Crippen LogP contribution in [0.3, 0.4) is 0 Å². The number of nitrogens with one attached hydrogen (secondary N) is 4. The van der Waals surface area contributed by atoms with Crippen LogP contribution < -0.4 is 25.0 Å². The third-order valence-electron chi connectivity index (χ3n) is 16.5. The van der Waals surface area contributed by atoms with Gasteiger partial charge in [-0.1, -0.05) is 55.0 Å². The van der Waals surface area contributed by atoms with Crippen molar-refractivity contribution in [2.45, 2.75) is 82.7 Å². The summed E-state index contributed by atoms with van der Waals surface area (Å²) in [5.41, 5.74) is 7.42. The fraction of sp³-hybridized carbons (Fsp3) is 0.371. The number of allylic oxidation sites excluding steroid dienone is 1. The Morgan fingerprint density at radius 1 is 0.940 bits per heavy atom. The molecule has 2 atom stereocenters. The number of nitro groups is 1. The van der Waals surface area contributed by atoms with Crippen LogP contribution in [0.1, 0.15) is 103 Å². The number of aromatic nitrogens is 2. The highest BCUT2D eigenvalue weighted by Gasteiger charge is 2.39. The van der Waals surface area contributed by atoms with Crippen molar-refractivity contribution in [1.82, 2.24) is 34.7 Å². The van der Waals surface area contributed by atoms with Crippen LogP contribution in [0.15, 0.2) is 114 Å². The first-order valence-corrected chi connectivity index (χ1v) is 30.1. The first-order chi connectivity index (χ1) is 39.9. The smallest absolute Gasteiger partial charge is 0.293 e. The number of H-pyrrole nitrogens is 1. The molecule has 5 aliphatic rings. The molecule has 4 amide bonds. The maximum Gasteiger partial charge on any atom is 0.293 e. The molecule has 4 N–H and O–H groups in total. The van der Waals surface area contributed by atoms with Crippen molar-refractivity contribution in [2.24, 2.45) is 11.3 Å². The molecule has 4 aliphatic heterocycles. The Balaban J connectivity index is 0.716. The Labute approximate surface area is 487 Å². The van der Waals surface area contributed by atoms with E-state index >= 15 is 0 Å². The van der Waals surface area contributed by atoms with Gasteiger partial charge in [0.15, 0.2) is 0 Å². The largest absolute Gasteiger partial charge is 0.455 e. The highest BCUT2D eigenvalue weighted by Crippen LogP contribution is 2.44. The summed E-state index contributed by atoms with van der Waals surface area (Å²) in [7, 11) is -4.64. The number of piperidine rings is 2. The third-order valence-corrected chi connectivity index (χ3v) is 18.1. The van der Waals surface area contributed by atoms with E-state index in [0.29, 0.717) is 56.0 Å². The van der Waals surface area contributed by atoms with Gasteiger partial charge in [0.05, 0.1) is 21.6 Å². The van der Waals surface area contributed by atoms with Crippen LogP contribution in [0.4, 0.5) is 17.1 Å². The second-order valence-corrected chi connectivity index (χ2v) is 25.1. The number of anilines is 2. The average Bonchev–Trinajstić information content (AvgIpc) is 4.09. The number of carbonyl (C=O) groups is 4. The summed E-state index contributed by atoms with van der Waals surface area (Å²) in [6.45, 7) is 11.5. The number of rotatable bonds is 16. The minimum Gasteiger partial charge on any atom is -0.455 e. The van der Waals surface area contributed by atoms with E-state index in [1.165, 1.54) is 46.0 Å². The van der Waals surface area contributed by atoms with Gasteiger partial charge in [-0.15, -0.1) is 0 Å². The highest BCUT2D eigenvalue weighted by atomic mass is 35.5. The Morgan fingerprint density at radius 3 is 2.55 bits per heavy atom. The maximum absolute atomic E-state index is 14.2. The lowest BCUT2D eigenvalue weighted by molar-refractivity contribution is -0.384. The topological polar surface area (TPSA) is 233 Å². The quantitative estimate of drug-likeness (QED) is 0.0306. The maximum atomic E-state index is 14.2. The van der Waals surface area contributed by atoms with E-state index in [4.69, 9.17) is 16.3 Å². The van der Waals surface area contributed by atoms with Crippen LogP contribution in [0.2, 0.25) is 5.02 Å². The Hall–Kier alpha value is -8.09. The molecule has 4 aromatic carbocycles. The zero-order chi connectivity index (χ0) is 58.0. The number of fused-ring (bicyclic) bond motifs is 2. The van der Waals surface area contributed by atoms with Crippen molar-refractivity contribution in [2.75, 3.05) is 69.1 Å². The molecule has 0 bridgehead atoms. The number of ether oxygens (including phenoxy) is 1. The number of likely N-dealkylation sites (tertiary alicyclic amines) is 1. The van der Waals surface area contributed by atoms with Crippen molar-refractivity contribution in [3.63, 3.8) is 0 Å². The van der Waals surface area contributed by atoms with Crippen LogP contribution in [-0.2, 0) is 26.2 Å². The zero-order valence-electron chi connectivity index (χ0n) is 46.3. The number of carbonyl (C=O) groups excluding carboxylic acids is 4. The number of aromatic amines is 1. The monoisotopic (exact) mass is 1160 g/mol. The summed E-state index contributed by atoms with van der Waals surface area (Å²) in [5.74, 6) is 5.02. The molecule has 6 heterocycles. The molecule has 3 saturated heterocycles. The zero-order valence-corrected chi connectivity index (χ0v) is 47.9. The molecular weight excluding hydrogens is 1100 g/mol. The Morgan fingerprint density at radius 2 is 1.76 bits per heavy atom. The number of benzene rings is 4. The van der Waals surface area contributed by atoms with Gasteiger partial charge in [-0.3, -0.25) is 39.5 Å². The van der Waals surface area contributed by atoms with Crippen LogP contribution in [0.5, 0.6) is 11.5 Å². The second-order valence-electron chi connectivity index (χ2n) is 22.9. The molecule has 430 valence electrons. The highest BCUT2D eigenvalue weighted by molar-refractivity contribution is 7.90. The number of imide groups is 1. The molecule has 6 aromatic rings. The molecule has 0 radical (unpaired) electrons. The third kappa shape index (κ3) is 13.1. The number of nitrogens with zero attached hydrogens (tertiary/aromatic N) is 6. The summed E-state index contributed by atoms with van der Waals surface area (Å²) in [4.78, 5) is 78.8. The van der Waals surface area contributed by atoms with Crippen molar-refractivity contribution in [3.8, 4) is 23.3 Å². The normalized spacial score (nSPS) is 19.5. The molecule has 83 heavy (non-hydrogen) atoms. The fourth-order valence-electron chi connectivity index (χ4n) is 12.0. The minimum absolute atomic E-state index is 0.0622. The number of amides is 4. The van der Waals surface area contributed by atoms with Gasteiger partial charge in [0.25, 0.3) is 27.5 Å². The van der Waals surface area contributed by atoms with Crippen LogP contribution in [0, 0.1) is 33.3 Å². The molecule has 19 nitrogen and oxygen atoms in total. The van der Waals surface area contributed by atoms with Gasteiger partial charge in [0, 0.05) is 117 Å². The molecule has 2 unspecified atom stereocenters. The van der Waals surface area contributed by atoms with Crippen molar-refractivity contribution >= 4 is 78.9 Å². The number of sulfonamides is 1.